The molecule has 22 heavy (non-hydrogen) atoms. The van der Waals surface area contributed by atoms with E-state index in [1.165, 1.54) is 11.8 Å². The number of carbonyl (C=O) groups is 2. The minimum absolute atomic E-state index is 0. The molecule has 2 amide bonds. The van der Waals surface area contributed by atoms with Crippen molar-refractivity contribution in [1.82, 2.24) is 4.90 Å². The quantitative estimate of drug-likeness (QED) is 0.912. The Morgan fingerprint density at radius 2 is 2.05 bits per heavy atom. The number of fused-ring (bicyclic) bond motifs is 2. The van der Waals surface area contributed by atoms with Crippen LogP contribution in [0.4, 0.5) is 8.78 Å². The molecule has 1 heterocycles. The molecule has 1 fully saturated rings. The van der Waals surface area contributed by atoms with Crippen LogP contribution in [0.3, 0.4) is 0 Å². The molecule has 1 aromatic carbocycles. The maximum Gasteiger partial charge on any atom is 0.254 e. The van der Waals surface area contributed by atoms with E-state index in [1.807, 2.05) is 0 Å². The van der Waals surface area contributed by atoms with E-state index in [4.69, 9.17) is 5.73 Å². The Labute approximate surface area is 131 Å². The molecule has 1 aromatic rings. The Hall–Kier alpha value is -1.98. The van der Waals surface area contributed by atoms with Crippen LogP contribution < -0.4 is 5.73 Å². The number of alkyl halides is 1. The summed E-state index contributed by atoms with van der Waals surface area (Å²) in [5.41, 5.74) is 6.34. The van der Waals surface area contributed by atoms with Gasteiger partial charge >= 0.3 is 0 Å². The first-order valence-electron chi connectivity index (χ1n) is 7.29. The van der Waals surface area contributed by atoms with Gasteiger partial charge in [0, 0.05) is 25.9 Å². The molecule has 0 bridgehead atoms. The third-order valence-electron chi connectivity index (χ3n) is 4.08. The Balaban J connectivity index is 0.000000988. The van der Waals surface area contributed by atoms with Crippen molar-refractivity contribution in [2.75, 3.05) is 19.8 Å². The fourth-order valence-corrected chi connectivity index (χ4v) is 2.94. The molecule has 3 rings (SSSR count). The molecule has 4 nitrogen and oxygen atoms in total. The van der Waals surface area contributed by atoms with Gasteiger partial charge in [0.2, 0.25) is 5.91 Å². The van der Waals surface area contributed by atoms with Crippen LogP contribution in [0.1, 0.15) is 44.1 Å². The van der Waals surface area contributed by atoms with Crippen LogP contribution in [0.5, 0.6) is 0 Å². The van der Waals surface area contributed by atoms with Crippen molar-refractivity contribution in [2.24, 2.45) is 5.73 Å². The average Bonchev–Trinajstić information content (AvgIpc) is 3.19. The molecular formula is C16H24F2N2O2. The molecule has 124 valence electrons. The summed E-state index contributed by atoms with van der Waals surface area (Å²) in [6.45, 7) is 3.20. The zero-order valence-corrected chi connectivity index (χ0v) is 12.8. The molecule has 6 heteroatoms. The van der Waals surface area contributed by atoms with Crippen molar-refractivity contribution in [3.8, 4) is 0 Å². The summed E-state index contributed by atoms with van der Waals surface area (Å²) >= 11 is 0. The monoisotopic (exact) mass is 314 g/mol. The normalized spacial score (nSPS) is 17.6. The molecule has 2 aliphatic rings. The highest BCUT2D eigenvalue weighted by atomic mass is 19.1. The van der Waals surface area contributed by atoms with Crippen LogP contribution in [-0.2, 0) is 10.2 Å². The first kappa shape index (κ1) is 16.4. The minimum atomic E-state index is -0.541. The molecule has 1 aliphatic heterocycles. The van der Waals surface area contributed by atoms with Gasteiger partial charge in [0.05, 0.1) is 13.2 Å². The standard InChI is InChI=1S/C14H15FN2O2.C2H5F.2H2/c1-8-2-3-9-11(12(8)15)14(4-5-14)7-17(13(9)19)6-10(16)18;1-2-3;;/h2-3H,4-7H2,1H3,(H2,16,18);2H2,1H3;2*1H. The van der Waals surface area contributed by atoms with E-state index in [0.717, 1.165) is 12.8 Å². The van der Waals surface area contributed by atoms with Gasteiger partial charge in [0.15, 0.2) is 0 Å². The Kier molecular flexibility index (Phi) is 4.49. The third-order valence-corrected chi connectivity index (χ3v) is 4.08. The number of hydrogen-bond donors (Lipinski definition) is 1. The van der Waals surface area contributed by atoms with Gasteiger partial charge in [-0.15, -0.1) is 0 Å². The SMILES string of the molecule is CCF.Cc1ccc2c(c1F)C1(CC1)CN(CC(N)=O)C2=O.[HH].[HH]. The smallest absolute Gasteiger partial charge is 0.254 e. The highest BCUT2D eigenvalue weighted by Gasteiger charge is 2.53. The van der Waals surface area contributed by atoms with Crippen molar-refractivity contribution < 1.29 is 21.2 Å². The fraction of sp³-hybridized carbons (Fsp3) is 0.500. The van der Waals surface area contributed by atoms with E-state index in [2.05, 4.69) is 0 Å². The summed E-state index contributed by atoms with van der Waals surface area (Å²) in [6, 6.07) is 3.26. The summed E-state index contributed by atoms with van der Waals surface area (Å²) in [4.78, 5) is 24.8. The largest absolute Gasteiger partial charge is 0.368 e. The number of benzene rings is 1. The fourth-order valence-electron chi connectivity index (χ4n) is 2.94. The van der Waals surface area contributed by atoms with Gasteiger partial charge in [-0.25, -0.2) is 4.39 Å². The molecule has 0 saturated heterocycles. The van der Waals surface area contributed by atoms with Crippen molar-refractivity contribution in [3.05, 3.63) is 34.6 Å². The summed E-state index contributed by atoms with van der Waals surface area (Å²) in [5.74, 6) is -1.12. The second-order valence-corrected chi connectivity index (χ2v) is 5.79. The van der Waals surface area contributed by atoms with E-state index >= 15 is 0 Å². The van der Waals surface area contributed by atoms with Gasteiger partial charge in [-0.2, -0.15) is 0 Å². The van der Waals surface area contributed by atoms with Gasteiger partial charge in [0.25, 0.3) is 5.91 Å². The van der Waals surface area contributed by atoms with Crippen molar-refractivity contribution in [1.29, 1.82) is 0 Å². The molecule has 0 unspecified atom stereocenters. The van der Waals surface area contributed by atoms with Crippen molar-refractivity contribution in [3.63, 3.8) is 0 Å². The number of halogens is 2. The molecule has 0 aromatic heterocycles. The first-order valence-corrected chi connectivity index (χ1v) is 7.29. The number of rotatable bonds is 2. The van der Waals surface area contributed by atoms with Gasteiger partial charge in [0.1, 0.15) is 5.82 Å². The summed E-state index contributed by atoms with van der Waals surface area (Å²) in [6.07, 6.45) is 1.70. The number of carbonyl (C=O) groups excluding carboxylic acids is 2. The number of nitrogens with zero attached hydrogens (tertiary/aromatic N) is 1. The molecule has 1 saturated carbocycles. The molecule has 2 N–H and O–H groups in total. The second kappa shape index (κ2) is 6.02. The predicted molar refractivity (Wildman–Crippen MR) is 83.0 cm³/mol. The van der Waals surface area contributed by atoms with Crippen LogP contribution in [-0.4, -0.2) is 36.5 Å². The molecule has 1 aliphatic carbocycles. The maximum absolute atomic E-state index is 14.3. The predicted octanol–water partition coefficient (Wildman–Crippen LogP) is 2.57. The lowest BCUT2D eigenvalue weighted by atomic mass is 9.85. The van der Waals surface area contributed by atoms with Gasteiger partial charge in [-0.1, -0.05) is 6.07 Å². The lowest BCUT2D eigenvalue weighted by Gasteiger charge is -2.34. The number of nitrogens with two attached hydrogens (primary N) is 1. The highest BCUT2D eigenvalue weighted by Crippen LogP contribution is 2.53. The van der Waals surface area contributed by atoms with Crippen molar-refractivity contribution in [2.45, 2.75) is 32.1 Å². The molecule has 0 radical (unpaired) electrons. The highest BCUT2D eigenvalue weighted by molar-refractivity contribution is 5.99. The van der Waals surface area contributed by atoms with Gasteiger partial charge < -0.3 is 10.6 Å². The zero-order valence-electron chi connectivity index (χ0n) is 12.8. The van der Waals surface area contributed by atoms with Crippen LogP contribution in [0, 0.1) is 12.7 Å². The summed E-state index contributed by atoms with van der Waals surface area (Å²) < 4.78 is 24.6. The van der Waals surface area contributed by atoms with E-state index in [0.29, 0.717) is 23.2 Å². The lowest BCUT2D eigenvalue weighted by Crippen LogP contribution is -2.47. The van der Waals surface area contributed by atoms with Crippen LogP contribution in [0.15, 0.2) is 12.1 Å². The average molecular weight is 314 g/mol. The minimum Gasteiger partial charge on any atom is -0.368 e. The third kappa shape index (κ3) is 2.82. The number of primary amides is 1. The first-order chi connectivity index (χ1) is 10.4. The second-order valence-electron chi connectivity index (χ2n) is 5.79. The number of hydrogen-bond acceptors (Lipinski definition) is 2. The van der Waals surface area contributed by atoms with Crippen LogP contribution in [0.25, 0.3) is 0 Å². The van der Waals surface area contributed by atoms with E-state index in [1.54, 1.807) is 19.1 Å². The summed E-state index contributed by atoms with van der Waals surface area (Å²) in [5, 5.41) is 0. The molecule has 1 spiro atoms. The van der Waals surface area contributed by atoms with E-state index < -0.39 is 5.91 Å². The van der Waals surface area contributed by atoms with Crippen LogP contribution in [0.2, 0.25) is 0 Å². The number of amides is 2. The maximum atomic E-state index is 14.3. The molecule has 0 atom stereocenters. The van der Waals surface area contributed by atoms with Crippen molar-refractivity contribution >= 4 is 11.8 Å². The topological polar surface area (TPSA) is 63.4 Å². The Morgan fingerprint density at radius 1 is 1.45 bits per heavy atom. The van der Waals surface area contributed by atoms with Gasteiger partial charge in [-0.3, -0.25) is 14.0 Å². The summed E-state index contributed by atoms with van der Waals surface area (Å²) in [7, 11) is 0. The van der Waals surface area contributed by atoms with E-state index in [-0.39, 0.29) is 33.2 Å². The van der Waals surface area contributed by atoms with Crippen LogP contribution >= 0.6 is 0 Å². The molecular weight excluding hydrogens is 290 g/mol. The number of aryl methyl sites for hydroxylation is 1. The van der Waals surface area contributed by atoms with E-state index in [9.17, 15) is 18.4 Å². The Bertz CT molecular complexity index is 622. The lowest BCUT2D eigenvalue weighted by molar-refractivity contribution is -0.118. The zero-order chi connectivity index (χ0) is 16.5. The Morgan fingerprint density at radius 3 is 2.55 bits per heavy atom. The van der Waals surface area contributed by atoms with Gasteiger partial charge in [-0.05, 0) is 38.3 Å².